The van der Waals surface area contributed by atoms with Crippen molar-refractivity contribution in [2.45, 2.75) is 45.4 Å². The zero-order valence-corrected chi connectivity index (χ0v) is 14.7. The summed E-state index contributed by atoms with van der Waals surface area (Å²) in [7, 11) is 0. The number of hydrogen-bond acceptors (Lipinski definition) is 4. The Morgan fingerprint density at radius 2 is 1.84 bits per heavy atom. The number of likely N-dealkylation sites (tertiary alicyclic amines) is 1. The number of hydrogen-bond donors (Lipinski definition) is 0. The fourth-order valence-electron chi connectivity index (χ4n) is 2.84. The Bertz CT molecular complexity index is 636. The minimum absolute atomic E-state index is 0.126. The molecule has 1 aromatic carbocycles. The first kappa shape index (κ1) is 18.9. The van der Waals surface area contributed by atoms with Crippen LogP contribution in [0.15, 0.2) is 35.9 Å². The number of imide groups is 1. The van der Waals surface area contributed by atoms with Gasteiger partial charge in [-0.1, -0.05) is 43.2 Å². The highest BCUT2D eigenvalue weighted by atomic mass is 16.5. The molecule has 5 nitrogen and oxygen atoms in total. The van der Waals surface area contributed by atoms with Gasteiger partial charge >= 0.3 is 5.97 Å². The van der Waals surface area contributed by atoms with Gasteiger partial charge in [0, 0.05) is 18.5 Å². The molecule has 1 aliphatic rings. The highest BCUT2D eigenvalue weighted by Gasteiger charge is 2.32. The molecule has 0 atom stereocenters. The molecular weight excluding hydrogens is 318 g/mol. The number of unbranched alkanes of at least 4 members (excludes halogenated alkanes) is 3. The molecule has 134 valence electrons. The molecule has 0 N–H and O–H groups in total. The fourth-order valence-corrected chi connectivity index (χ4v) is 2.84. The van der Waals surface area contributed by atoms with E-state index in [4.69, 9.17) is 4.74 Å². The molecule has 0 unspecified atom stereocenters. The van der Waals surface area contributed by atoms with Crippen LogP contribution in [0.5, 0.6) is 0 Å². The Labute approximate surface area is 148 Å². The Morgan fingerprint density at radius 3 is 2.56 bits per heavy atom. The fraction of sp³-hybridized carbons (Fsp3) is 0.450. The lowest BCUT2D eigenvalue weighted by Crippen LogP contribution is -2.30. The summed E-state index contributed by atoms with van der Waals surface area (Å²) >= 11 is 0. The van der Waals surface area contributed by atoms with Crippen molar-refractivity contribution < 1.29 is 19.1 Å². The summed E-state index contributed by atoms with van der Waals surface area (Å²) in [6, 6.07) is 9.55. The van der Waals surface area contributed by atoms with E-state index in [2.05, 4.69) is 0 Å². The lowest BCUT2D eigenvalue weighted by atomic mass is 10.1. The summed E-state index contributed by atoms with van der Waals surface area (Å²) in [5.41, 5.74) is 1.48. The average molecular weight is 343 g/mol. The number of nitrogens with zero attached hydrogens (tertiary/aromatic N) is 1. The van der Waals surface area contributed by atoms with E-state index in [-0.39, 0.29) is 24.2 Å². The van der Waals surface area contributed by atoms with Crippen molar-refractivity contribution in [1.82, 2.24) is 4.90 Å². The summed E-state index contributed by atoms with van der Waals surface area (Å²) in [6.45, 7) is 2.66. The van der Waals surface area contributed by atoms with Crippen LogP contribution in [-0.2, 0) is 19.1 Å². The molecule has 0 saturated carbocycles. The zero-order valence-electron chi connectivity index (χ0n) is 14.7. The molecule has 0 aliphatic carbocycles. The van der Waals surface area contributed by atoms with Crippen molar-refractivity contribution in [2.24, 2.45) is 0 Å². The van der Waals surface area contributed by atoms with E-state index in [0.29, 0.717) is 25.1 Å². The third-order valence-electron chi connectivity index (χ3n) is 4.12. The molecule has 1 heterocycles. The maximum Gasteiger partial charge on any atom is 0.305 e. The van der Waals surface area contributed by atoms with Crippen LogP contribution >= 0.6 is 0 Å². The van der Waals surface area contributed by atoms with Gasteiger partial charge in [-0.3, -0.25) is 19.3 Å². The van der Waals surface area contributed by atoms with Crippen LogP contribution < -0.4 is 0 Å². The Hall–Kier alpha value is -2.43. The summed E-state index contributed by atoms with van der Waals surface area (Å²) in [5, 5.41) is 0. The van der Waals surface area contributed by atoms with Crippen molar-refractivity contribution in [3.05, 3.63) is 41.5 Å². The highest BCUT2D eigenvalue weighted by molar-refractivity contribution is 6.15. The van der Waals surface area contributed by atoms with E-state index in [1.807, 2.05) is 30.3 Å². The van der Waals surface area contributed by atoms with E-state index in [0.717, 1.165) is 31.2 Å². The molecule has 0 aromatic heterocycles. The van der Waals surface area contributed by atoms with Gasteiger partial charge in [0.2, 0.25) is 5.91 Å². The first-order chi connectivity index (χ1) is 12.1. The standard InChI is InChI=1S/C20H25NO4/c1-2-25-19(23)12-8-3-4-9-13-21-18(22)15-17(20(21)24)14-16-10-6-5-7-11-16/h5-7,10-11,14H,2-4,8-9,12-13,15H2,1H3/b17-14+. The monoisotopic (exact) mass is 343 g/mol. The van der Waals surface area contributed by atoms with Gasteiger partial charge in [0.25, 0.3) is 5.91 Å². The molecule has 2 amide bonds. The summed E-state index contributed by atoms with van der Waals surface area (Å²) in [5.74, 6) is -0.470. The van der Waals surface area contributed by atoms with Gasteiger partial charge in [-0.05, 0) is 31.4 Å². The van der Waals surface area contributed by atoms with Crippen molar-refractivity contribution >= 4 is 23.9 Å². The summed E-state index contributed by atoms with van der Waals surface area (Å²) in [4.78, 5) is 37.0. The normalized spacial score (nSPS) is 15.9. The number of ether oxygens (including phenoxy) is 1. The van der Waals surface area contributed by atoms with Crippen molar-refractivity contribution in [2.75, 3.05) is 13.2 Å². The molecule has 25 heavy (non-hydrogen) atoms. The van der Waals surface area contributed by atoms with Crippen LogP contribution in [0.2, 0.25) is 0 Å². The van der Waals surface area contributed by atoms with Crippen LogP contribution in [0.1, 0.15) is 51.0 Å². The average Bonchev–Trinajstić information content (AvgIpc) is 2.86. The number of carbonyl (C=O) groups is 3. The largest absolute Gasteiger partial charge is 0.466 e. The second-order valence-electron chi connectivity index (χ2n) is 6.08. The number of esters is 1. The summed E-state index contributed by atoms with van der Waals surface area (Å²) < 4.78 is 4.88. The summed E-state index contributed by atoms with van der Waals surface area (Å²) in [6.07, 6.45) is 5.71. The molecule has 0 radical (unpaired) electrons. The van der Waals surface area contributed by atoms with Crippen molar-refractivity contribution in [3.63, 3.8) is 0 Å². The van der Waals surface area contributed by atoms with E-state index in [1.54, 1.807) is 13.0 Å². The predicted octanol–water partition coefficient (Wildman–Crippen LogP) is 3.34. The molecule has 1 aliphatic heterocycles. The molecule has 0 spiro atoms. The maximum absolute atomic E-state index is 12.4. The molecule has 0 bridgehead atoms. The lowest BCUT2D eigenvalue weighted by Gasteiger charge is -2.13. The van der Waals surface area contributed by atoms with Gasteiger partial charge < -0.3 is 4.74 Å². The van der Waals surface area contributed by atoms with E-state index in [9.17, 15) is 14.4 Å². The maximum atomic E-state index is 12.4. The molecule has 1 aromatic rings. The lowest BCUT2D eigenvalue weighted by molar-refractivity contribution is -0.143. The minimum atomic E-state index is -0.180. The smallest absolute Gasteiger partial charge is 0.305 e. The second-order valence-corrected chi connectivity index (χ2v) is 6.08. The van der Waals surface area contributed by atoms with Gasteiger partial charge in [-0.25, -0.2) is 0 Å². The van der Waals surface area contributed by atoms with E-state index < -0.39 is 0 Å². The molecule has 1 saturated heterocycles. The topological polar surface area (TPSA) is 63.7 Å². The van der Waals surface area contributed by atoms with Crippen LogP contribution in [0, 0.1) is 0 Å². The van der Waals surface area contributed by atoms with E-state index in [1.165, 1.54) is 4.90 Å². The number of rotatable bonds is 9. The second kappa shape index (κ2) is 9.77. The SMILES string of the molecule is CCOC(=O)CCCCCCN1C(=O)C/C(=C\c2ccccc2)C1=O. The van der Waals surface area contributed by atoms with Crippen molar-refractivity contribution in [3.8, 4) is 0 Å². The Balaban J connectivity index is 1.74. The first-order valence-corrected chi connectivity index (χ1v) is 8.87. The van der Waals surface area contributed by atoms with Gasteiger partial charge in [-0.2, -0.15) is 0 Å². The quantitative estimate of drug-likeness (QED) is 0.298. The predicted molar refractivity (Wildman–Crippen MR) is 95.5 cm³/mol. The molecule has 1 fully saturated rings. The van der Waals surface area contributed by atoms with Gasteiger partial charge in [-0.15, -0.1) is 0 Å². The highest BCUT2D eigenvalue weighted by Crippen LogP contribution is 2.22. The first-order valence-electron chi connectivity index (χ1n) is 8.87. The molecule has 5 heteroatoms. The molecular formula is C20H25NO4. The van der Waals surface area contributed by atoms with Crippen LogP contribution in [-0.4, -0.2) is 35.8 Å². The zero-order chi connectivity index (χ0) is 18.1. The number of amides is 2. The Kier molecular flexibility index (Phi) is 7.38. The van der Waals surface area contributed by atoms with Crippen LogP contribution in [0.25, 0.3) is 6.08 Å². The van der Waals surface area contributed by atoms with Gasteiger partial charge in [0.05, 0.1) is 13.0 Å². The van der Waals surface area contributed by atoms with Gasteiger partial charge in [0.1, 0.15) is 0 Å². The van der Waals surface area contributed by atoms with Crippen molar-refractivity contribution in [1.29, 1.82) is 0 Å². The van der Waals surface area contributed by atoms with Crippen LogP contribution in [0.4, 0.5) is 0 Å². The number of benzene rings is 1. The molecule has 2 rings (SSSR count). The third-order valence-corrected chi connectivity index (χ3v) is 4.12. The van der Waals surface area contributed by atoms with Gasteiger partial charge in [0.15, 0.2) is 0 Å². The minimum Gasteiger partial charge on any atom is -0.466 e. The number of carbonyl (C=O) groups excluding carboxylic acids is 3. The van der Waals surface area contributed by atoms with E-state index >= 15 is 0 Å². The third kappa shape index (κ3) is 5.85. The Morgan fingerprint density at radius 1 is 1.12 bits per heavy atom. The van der Waals surface area contributed by atoms with Crippen LogP contribution in [0.3, 0.4) is 0 Å².